The van der Waals surface area contributed by atoms with E-state index in [-0.39, 0.29) is 4.90 Å². The van der Waals surface area contributed by atoms with Gasteiger partial charge in [-0.3, -0.25) is 10.1 Å². The zero-order valence-corrected chi connectivity index (χ0v) is 13.7. The Kier molecular flexibility index (Phi) is 4.07. The van der Waals surface area contributed by atoms with Crippen molar-refractivity contribution in [2.45, 2.75) is 4.90 Å². The van der Waals surface area contributed by atoms with Crippen LogP contribution in [0.2, 0.25) is 0 Å². The van der Waals surface area contributed by atoms with Crippen molar-refractivity contribution in [1.29, 1.82) is 0 Å². The molecule has 1 aromatic heterocycles. The summed E-state index contributed by atoms with van der Waals surface area (Å²) >= 11 is 1.30. The van der Waals surface area contributed by atoms with E-state index in [1.807, 2.05) is 0 Å². The van der Waals surface area contributed by atoms with Gasteiger partial charge in [0.2, 0.25) is 0 Å². The van der Waals surface area contributed by atoms with E-state index in [0.29, 0.717) is 22.1 Å². The summed E-state index contributed by atoms with van der Waals surface area (Å²) in [5.74, 6) is 5.83. The van der Waals surface area contributed by atoms with Gasteiger partial charge in [0, 0.05) is 6.07 Å². The molecule has 0 fully saturated rings. The number of nitrogen functional groups attached to an aromatic ring is 1. The van der Waals surface area contributed by atoms with Crippen LogP contribution in [0.25, 0.3) is 10.2 Å². The third-order valence-electron chi connectivity index (χ3n) is 3.11. The predicted octanol–water partition coefficient (Wildman–Crippen LogP) is 2.39. The van der Waals surface area contributed by atoms with Crippen molar-refractivity contribution >= 4 is 42.4 Å². The average molecular weight is 350 g/mol. The number of sulfonamides is 1. The van der Waals surface area contributed by atoms with Crippen LogP contribution in [-0.4, -0.2) is 20.5 Å². The fourth-order valence-electron chi connectivity index (χ4n) is 2.09. The van der Waals surface area contributed by atoms with E-state index in [1.165, 1.54) is 30.6 Å². The molecule has 0 aliphatic carbocycles. The van der Waals surface area contributed by atoms with Gasteiger partial charge in [0.15, 0.2) is 5.13 Å². The van der Waals surface area contributed by atoms with Crippen LogP contribution in [0.4, 0.5) is 10.8 Å². The Morgan fingerprint density at radius 3 is 2.61 bits per heavy atom. The molecule has 0 aliphatic heterocycles. The number of hydrogen-bond donors (Lipinski definition) is 3. The lowest BCUT2D eigenvalue weighted by Crippen LogP contribution is -2.12. The van der Waals surface area contributed by atoms with Gasteiger partial charge in [0.05, 0.1) is 22.4 Å². The third-order valence-corrected chi connectivity index (χ3v) is 5.44. The molecule has 0 spiro atoms. The molecule has 4 N–H and O–H groups in total. The number of nitrogens with one attached hydrogen (secondary N) is 2. The standard InChI is InChI=1S/C14H14N4O3S2/c1-21-11-7-9(8-12-13(11)16-14(17-15)22-12)18-23(19,20)10-5-3-2-4-6-10/h2-8,18H,15H2,1H3,(H,16,17). The molecule has 23 heavy (non-hydrogen) atoms. The van der Waals surface area contributed by atoms with Crippen LogP contribution in [-0.2, 0) is 10.0 Å². The van der Waals surface area contributed by atoms with Crippen LogP contribution in [0.1, 0.15) is 0 Å². The molecule has 3 aromatic rings. The Hall–Kier alpha value is -2.36. The SMILES string of the molecule is COc1cc(NS(=O)(=O)c2ccccc2)cc2sc(NN)nc12. The molecule has 0 bridgehead atoms. The van der Waals surface area contributed by atoms with E-state index in [2.05, 4.69) is 15.1 Å². The highest BCUT2D eigenvalue weighted by atomic mass is 32.2. The lowest BCUT2D eigenvalue weighted by atomic mass is 10.3. The number of thiazole rings is 1. The summed E-state index contributed by atoms with van der Waals surface area (Å²) in [5.41, 5.74) is 3.49. The Morgan fingerprint density at radius 1 is 1.22 bits per heavy atom. The number of nitrogens with two attached hydrogens (primary N) is 1. The van der Waals surface area contributed by atoms with Gasteiger partial charge in [-0.25, -0.2) is 19.2 Å². The van der Waals surface area contributed by atoms with Crippen molar-refractivity contribution in [2.75, 3.05) is 17.3 Å². The van der Waals surface area contributed by atoms with Crippen LogP contribution < -0.4 is 20.7 Å². The van der Waals surface area contributed by atoms with Crippen molar-refractivity contribution in [2.24, 2.45) is 5.84 Å². The largest absolute Gasteiger partial charge is 0.494 e. The second kappa shape index (κ2) is 6.03. The Balaban J connectivity index is 2.03. The number of rotatable bonds is 5. The number of hydrogen-bond acceptors (Lipinski definition) is 7. The molecule has 7 nitrogen and oxygen atoms in total. The van der Waals surface area contributed by atoms with Gasteiger partial charge in [-0.05, 0) is 18.2 Å². The first-order valence-corrected chi connectivity index (χ1v) is 8.86. The summed E-state index contributed by atoms with van der Waals surface area (Å²) in [4.78, 5) is 4.47. The predicted molar refractivity (Wildman–Crippen MR) is 91.2 cm³/mol. The molecule has 0 radical (unpaired) electrons. The highest BCUT2D eigenvalue weighted by Gasteiger charge is 2.16. The monoisotopic (exact) mass is 350 g/mol. The molecule has 2 aromatic carbocycles. The third kappa shape index (κ3) is 3.07. The smallest absolute Gasteiger partial charge is 0.261 e. The number of nitrogens with zero attached hydrogens (tertiary/aromatic N) is 1. The van der Waals surface area contributed by atoms with Crippen molar-refractivity contribution < 1.29 is 13.2 Å². The van der Waals surface area contributed by atoms with E-state index < -0.39 is 10.0 Å². The molecular formula is C14H14N4O3S2. The second-order valence-electron chi connectivity index (χ2n) is 4.61. The molecule has 0 aliphatic rings. The molecule has 0 unspecified atom stereocenters. The molecule has 0 saturated carbocycles. The second-order valence-corrected chi connectivity index (χ2v) is 7.32. The maximum Gasteiger partial charge on any atom is 0.261 e. The maximum atomic E-state index is 12.4. The summed E-state index contributed by atoms with van der Waals surface area (Å²) in [6.07, 6.45) is 0. The van der Waals surface area contributed by atoms with Gasteiger partial charge in [-0.1, -0.05) is 29.5 Å². The zero-order valence-electron chi connectivity index (χ0n) is 12.1. The minimum absolute atomic E-state index is 0.188. The number of ether oxygens (including phenoxy) is 1. The fraction of sp³-hybridized carbons (Fsp3) is 0.0714. The number of benzene rings is 2. The fourth-order valence-corrected chi connectivity index (χ4v) is 3.98. The normalized spacial score (nSPS) is 11.4. The summed E-state index contributed by atoms with van der Waals surface area (Å²) < 4.78 is 33.4. The summed E-state index contributed by atoms with van der Waals surface area (Å²) in [6, 6.07) is 11.4. The topological polar surface area (TPSA) is 106 Å². The van der Waals surface area contributed by atoms with Gasteiger partial charge in [-0.15, -0.1) is 0 Å². The Morgan fingerprint density at radius 2 is 1.96 bits per heavy atom. The Bertz CT molecular complexity index is 939. The highest BCUT2D eigenvalue weighted by molar-refractivity contribution is 7.92. The number of hydrazine groups is 1. The van der Waals surface area contributed by atoms with Crippen molar-refractivity contribution in [3.8, 4) is 5.75 Å². The number of methoxy groups -OCH3 is 1. The lowest BCUT2D eigenvalue weighted by Gasteiger charge is -2.09. The molecule has 0 amide bonds. The summed E-state index contributed by atoms with van der Waals surface area (Å²) in [7, 11) is -2.17. The molecule has 3 rings (SSSR count). The first kappa shape index (κ1) is 15.5. The minimum atomic E-state index is -3.67. The van der Waals surface area contributed by atoms with Crippen LogP contribution in [0.5, 0.6) is 5.75 Å². The number of aromatic nitrogens is 1. The van der Waals surface area contributed by atoms with E-state index in [1.54, 1.807) is 30.3 Å². The van der Waals surface area contributed by atoms with E-state index >= 15 is 0 Å². The number of fused-ring (bicyclic) bond motifs is 1. The van der Waals surface area contributed by atoms with Gasteiger partial charge in [0.25, 0.3) is 10.0 Å². The molecule has 1 heterocycles. The molecular weight excluding hydrogens is 336 g/mol. The number of anilines is 2. The van der Waals surface area contributed by atoms with Crippen molar-refractivity contribution in [1.82, 2.24) is 4.98 Å². The van der Waals surface area contributed by atoms with Crippen LogP contribution in [0, 0.1) is 0 Å². The zero-order chi connectivity index (χ0) is 16.4. The van der Waals surface area contributed by atoms with E-state index in [4.69, 9.17) is 10.6 Å². The first-order valence-electron chi connectivity index (χ1n) is 6.56. The van der Waals surface area contributed by atoms with Crippen LogP contribution in [0.3, 0.4) is 0 Å². The van der Waals surface area contributed by atoms with Crippen LogP contribution >= 0.6 is 11.3 Å². The minimum Gasteiger partial charge on any atom is -0.494 e. The quantitative estimate of drug-likeness (QED) is 0.482. The van der Waals surface area contributed by atoms with Crippen LogP contribution in [0.15, 0.2) is 47.4 Å². The van der Waals surface area contributed by atoms with Crippen molar-refractivity contribution in [3.63, 3.8) is 0 Å². The molecule has 120 valence electrons. The van der Waals surface area contributed by atoms with Gasteiger partial charge < -0.3 is 4.74 Å². The maximum absolute atomic E-state index is 12.4. The van der Waals surface area contributed by atoms with Crippen molar-refractivity contribution in [3.05, 3.63) is 42.5 Å². The summed E-state index contributed by atoms with van der Waals surface area (Å²) in [6.45, 7) is 0. The first-order chi connectivity index (χ1) is 11.0. The average Bonchev–Trinajstić information content (AvgIpc) is 2.97. The van der Waals surface area contributed by atoms with E-state index in [0.717, 1.165) is 4.70 Å². The highest BCUT2D eigenvalue weighted by Crippen LogP contribution is 2.35. The Labute approximate surface area is 137 Å². The van der Waals surface area contributed by atoms with E-state index in [9.17, 15) is 8.42 Å². The lowest BCUT2D eigenvalue weighted by molar-refractivity contribution is 0.419. The van der Waals surface area contributed by atoms with Gasteiger partial charge in [0.1, 0.15) is 11.3 Å². The summed E-state index contributed by atoms with van der Waals surface area (Å²) in [5, 5.41) is 0.515. The molecule has 9 heteroatoms. The molecule has 0 atom stereocenters. The van der Waals surface area contributed by atoms with Gasteiger partial charge >= 0.3 is 0 Å². The molecule has 0 saturated heterocycles. The van der Waals surface area contributed by atoms with Gasteiger partial charge in [-0.2, -0.15) is 0 Å².